The number of hydrogen-bond acceptors (Lipinski definition) is 3. The molecule has 1 fully saturated rings. The molecule has 0 spiro atoms. The van der Waals surface area contributed by atoms with Crippen LogP contribution in [0.25, 0.3) is 11.2 Å². The van der Waals surface area contributed by atoms with Gasteiger partial charge < -0.3 is 9.30 Å². The fourth-order valence-corrected chi connectivity index (χ4v) is 3.03. The summed E-state index contributed by atoms with van der Waals surface area (Å²) in [6, 6.07) is 4.02. The predicted octanol–water partition coefficient (Wildman–Crippen LogP) is 3.45. The van der Waals surface area contributed by atoms with E-state index in [4.69, 9.17) is 9.72 Å². The molecule has 1 aliphatic heterocycles. The van der Waals surface area contributed by atoms with Crippen LogP contribution >= 0.6 is 0 Å². The maximum atomic E-state index is 5.62. The summed E-state index contributed by atoms with van der Waals surface area (Å²) in [6.07, 6.45) is 5.26. The third-order valence-electron chi connectivity index (χ3n) is 3.94. The molecular weight excluding hydrogens is 262 g/mol. The Hall–Kier alpha value is -1.42. The van der Waals surface area contributed by atoms with Gasteiger partial charge in [0, 0.05) is 32.4 Å². The smallest absolute Gasteiger partial charge is 0.160 e. The van der Waals surface area contributed by atoms with Crippen molar-refractivity contribution < 1.29 is 4.74 Å². The number of rotatable bonds is 3. The molecule has 21 heavy (non-hydrogen) atoms. The monoisotopic (exact) mass is 287 g/mol. The third kappa shape index (κ3) is 3.43. The third-order valence-corrected chi connectivity index (χ3v) is 3.94. The van der Waals surface area contributed by atoms with Gasteiger partial charge in [-0.05, 0) is 36.3 Å². The standard InChI is InChI=1S/C17H25N3O/c1-17(2,3)12-20-15(10-13-6-5-9-21-11-13)19-14-7-4-8-18-16(14)20/h4,7-8,13H,5-6,9-12H2,1-3H3. The molecule has 2 aromatic rings. The van der Waals surface area contributed by atoms with Gasteiger partial charge in [0.05, 0.1) is 0 Å². The van der Waals surface area contributed by atoms with Gasteiger partial charge in [0.1, 0.15) is 11.3 Å². The van der Waals surface area contributed by atoms with Crippen LogP contribution < -0.4 is 0 Å². The summed E-state index contributed by atoms with van der Waals surface area (Å²) in [6.45, 7) is 9.51. The van der Waals surface area contributed by atoms with Crippen molar-refractivity contribution in [2.75, 3.05) is 13.2 Å². The quantitative estimate of drug-likeness (QED) is 0.868. The van der Waals surface area contributed by atoms with Crippen molar-refractivity contribution in [3.8, 4) is 0 Å². The van der Waals surface area contributed by atoms with E-state index < -0.39 is 0 Å². The lowest BCUT2D eigenvalue weighted by Gasteiger charge is -2.24. The number of aromatic nitrogens is 3. The Labute approximate surface area is 126 Å². The number of pyridine rings is 1. The molecule has 0 aliphatic carbocycles. The Balaban J connectivity index is 1.93. The number of fused-ring (bicyclic) bond motifs is 1. The van der Waals surface area contributed by atoms with Crippen LogP contribution in [0, 0.1) is 11.3 Å². The minimum Gasteiger partial charge on any atom is -0.381 e. The van der Waals surface area contributed by atoms with Crippen LogP contribution in [-0.4, -0.2) is 27.7 Å². The van der Waals surface area contributed by atoms with Crippen molar-refractivity contribution in [1.29, 1.82) is 0 Å². The molecule has 3 heterocycles. The molecule has 3 rings (SSSR count). The van der Waals surface area contributed by atoms with Crippen LogP contribution in [0.4, 0.5) is 0 Å². The van der Waals surface area contributed by atoms with E-state index in [1.165, 1.54) is 12.8 Å². The van der Waals surface area contributed by atoms with E-state index in [1.807, 2.05) is 12.3 Å². The highest BCUT2D eigenvalue weighted by Crippen LogP contribution is 2.25. The molecular formula is C17H25N3O. The lowest BCUT2D eigenvalue weighted by molar-refractivity contribution is 0.0539. The highest BCUT2D eigenvalue weighted by atomic mass is 16.5. The lowest BCUT2D eigenvalue weighted by atomic mass is 9.95. The van der Waals surface area contributed by atoms with Crippen LogP contribution in [0.1, 0.15) is 39.4 Å². The molecule has 0 amide bonds. The van der Waals surface area contributed by atoms with Gasteiger partial charge in [0.15, 0.2) is 5.65 Å². The average Bonchev–Trinajstić information content (AvgIpc) is 2.76. The van der Waals surface area contributed by atoms with Crippen molar-refractivity contribution in [1.82, 2.24) is 14.5 Å². The van der Waals surface area contributed by atoms with Gasteiger partial charge in [-0.1, -0.05) is 20.8 Å². The van der Waals surface area contributed by atoms with Crippen LogP contribution in [0.5, 0.6) is 0 Å². The minimum absolute atomic E-state index is 0.211. The highest BCUT2D eigenvalue weighted by Gasteiger charge is 2.22. The molecule has 4 heteroatoms. The maximum absolute atomic E-state index is 5.62. The minimum atomic E-state index is 0.211. The van der Waals surface area contributed by atoms with Crippen molar-refractivity contribution in [3.63, 3.8) is 0 Å². The van der Waals surface area contributed by atoms with Gasteiger partial charge in [-0.25, -0.2) is 9.97 Å². The molecule has 0 saturated carbocycles. The summed E-state index contributed by atoms with van der Waals surface area (Å²) in [5.41, 5.74) is 2.23. The van der Waals surface area contributed by atoms with Crippen molar-refractivity contribution in [2.24, 2.45) is 11.3 Å². The van der Waals surface area contributed by atoms with Gasteiger partial charge in [-0.2, -0.15) is 0 Å². The molecule has 1 saturated heterocycles. The molecule has 1 atom stereocenters. The fourth-order valence-electron chi connectivity index (χ4n) is 3.03. The molecule has 0 N–H and O–H groups in total. The SMILES string of the molecule is CC(C)(C)Cn1c(CC2CCCOC2)nc2cccnc21. The summed E-state index contributed by atoms with van der Waals surface area (Å²) in [7, 11) is 0. The van der Waals surface area contributed by atoms with E-state index in [1.54, 1.807) is 0 Å². The van der Waals surface area contributed by atoms with Crippen molar-refractivity contribution >= 4 is 11.2 Å². The van der Waals surface area contributed by atoms with E-state index in [-0.39, 0.29) is 5.41 Å². The molecule has 4 nitrogen and oxygen atoms in total. The first kappa shape index (κ1) is 14.5. The van der Waals surface area contributed by atoms with Gasteiger partial charge >= 0.3 is 0 Å². The molecule has 0 aromatic carbocycles. The van der Waals surface area contributed by atoms with Crippen LogP contribution in [0.3, 0.4) is 0 Å². The van der Waals surface area contributed by atoms with Crippen molar-refractivity contribution in [2.45, 2.75) is 46.6 Å². The normalized spacial score (nSPS) is 20.0. The zero-order valence-electron chi connectivity index (χ0n) is 13.3. The molecule has 0 bridgehead atoms. The van der Waals surface area contributed by atoms with E-state index in [2.05, 4.69) is 36.4 Å². The maximum Gasteiger partial charge on any atom is 0.160 e. The lowest BCUT2D eigenvalue weighted by Crippen LogP contribution is -2.23. The Morgan fingerprint density at radius 2 is 2.24 bits per heavy atom. The number of imidazole rings is 1. The van der Waals surface area contributed by atoms with Crippen LogP contribution in [0.2, 0.25) is 0 Å². The first-order valence-electron chi connectivity index (χ1n) is 7.91. The molecule has 1 aliphatic rings. The Bertz CT molecular complexity index is 606. The molecule has 114 valence electrons. The second kappa shape index (κ2) is 5.76. The predicted molar refractivity (Wildman–Crippen MR) is 84.2 cm³/mol. The zero-order chi connectivity index (χ0) is 14.9. The van der Waals surface area contributed by atoms with Gasteiger partial charge in [0.25, 0.3) is 0 Å². The summed E-state index contributed by atoms with van der Waals surface area (Å²) < 4.78 is 7.93. The fraction of sp³-hybridized carbons (Fsp3) is 0.647. The topological polar surface area (TPSA) is 39.9 Å². The zero-order valence-corrected chi connectivity index (χ0v) is 13.3. The van der Waals surface area contributed by atoms with E-state index in [9.17, 15) is 0 Å². The first-order valence-corrected chi connectivity index (χ1v) is 7.91. The molecule has 2 aromatic heterocycles. The Morgan fingerprint density at radius 3 is 2.95 bits per heavy atom. The second-order valence-electron chi connectivity index (χ2n) is 7.31. The van der Waals surface area contributed by atoms with Gasteiger partial charge in [-0.15, -0.1) is 0 Å². The summed E-state index contributed by atoms with van der Waals surface area (Å²) in [5.74, 6) is 1.75. The Kier molecular flexibility index (Phi) is 3.98. The summed E-state index contributed by atoms with van der Waals surface area (Å²) in [5, 5.41) is 0. The van der Waals surface area contributed by atoms with E-state index in [0.717, 1.165) is 43.2 Å². The van der Waals surface area contributed by atoms with Gasteiger partial charge in [-0.3, -0.25) is 0 Å². The van der Waals surface area contributed by atoms with Crippen molar-refractivity contribution in [3.05, 3.63) is 24.2 Å². The van der Waals surface area contributed by atoms with Gasteiger partial charge in [0.2, 0.25) is 0 Å². The molecule has 1 unspecified atom stereocenters. The van der Waals surface area contributed by atoms with Crippen LogP contribution in [-0.2, 0) is 17.7 Å². The number of hydrogen-bond donors (Lipinski definition) is 0. The largest absolute Gasteiger partial charge is 0.381 e. The Morgan fingerprint density at radius 1 is 1.38 bits per heavy atom. The molecule has 0 radical (unpaired) electrons. The second-order valence-corrected chi connectivity index (χ2v) is 7.31. The summed E-state index contributed by atoms with van der Waals surface area (Å²) >= 11 is 0. The summed E-state index contributed by atoms with van der Waals surface area (Å²) in [4.78, 5) is 9.38. The van der Waals surface area contributed by atoms with E-state index >= 15 is 0 Å². The first-order chi connectivity index (χ1) is 10.0. The number of ether oxygens (including phenoxy) is 1. The number of nitrogens with zero attached hydrogens (tertiary/aromatic N) is 3. The van der Waals surface area contributed by atoms with Crippen LogP contribution in [0.15, 0.2) is 18.3 Å². The highest BCUT2D eigenvalue weighted by molar-refractivity contribution is 5.71. The average molecular weight is 287 g/mol. The van der Waals surface area contributed by atoms with E-state index in [0.29, 0.717) is 5.92 Å².